The van der Waals surface area contributed by atoms with Crippen LogP contribution in [0.3, 0.4) is 0 Å². The Labute approximate surface area is 135 Å². The van der Waals surface area contributed by atoms with Gasteiger partial charge in [-0.2, -0.15) is 5.26 Å². The summed E-state index contributed by atoms with van der Waals surface area (Å²) in [6.07, 6.45) is 0.957. The highest BCUT2D eigenvalue weighted by Gasteiger charge is 2.16. The number of hydrogen-bond acceptors (Lipinski definition) is 6. The van der Waals surface area contributed by atoms with E-state index in [1.165, 1.54) is 19.1 Å². The number of nitro groups is 1. The molecule has 3 N–H and O–H groups in total. The second-order valence-corrected chi connectivity index (χ2v) is 4.68. The molecule has 1 amide bonds. The maximum absolute atomic E-state index is 11.9. The van der Waals surface area contributed by atoms with Crippen LogP contribution in [0.25, 0.3) is 0 Å². The molecule has 1 aromatic carbocycles. The molecule has 0 heterocycles. The molecule has 0 aliphatic heterocycles. The van der Waals surface area contributed by atoms with E-state index in [9.17, 15) is 19.7 Å². The van der Waals surface area contributed by atoms with E-state index in [0.717, 1.165) is 12.3 Å². The minimum Gasteiger partial charge on any atom is -0.480 e. The number of nitriles is 1. The zero-order chi connectivity index (χ0) is 17.6. The smallest absolute Gasteiger partial charge is 0.325 e. The number of carbonyl (C=O) groups is 2. The van der Waals surface area contributed by atoms with Gasteiger partial charge in [0.1, 0.15) is 22.7 Å². The van der Waals surface area contributed by atoms with Gasteiger partial charge in [-0.1, -0.05) is 11.6 Å². The summed E-state index contributed by atoms with van der Waals surface area (Å²) in [7, 11) is 0. The lowest BCUT2D eigenvalue weighted by Crippen LogP contribution is -2.30. The Kier molecular flexibility index (Phi) is 6.05. The lowest BCUT2D eigenvalue weighted by Gasteiger charge is -2.07. The van der Waals surface area contributed by atoms with E-state index in [-0.39, 0.29) is 10.7 Å². The van der Waals surface area contributed by atoms with Gasteiger partial charge in [0.25, 0.3) is 11.6 Å². The first-order chi connectivity index (χ1) is 10.8. The molecule has 0 spiro atoms. The molecular weight excluding hydrogens is 328 g/mol. The summed E-state index contributed by atoms with van der Waals surface area (Å²) in [6, 6.07) is 4.21. The fraction of sp³-hybridized carbons (Fsp3) is 0.154. The molecule has 9 nitrogen and oxygen atoms in total. The molecule has 1 atom stereocenters. The van der Waals surface area contributed by atoms with Crippen LogP contribution in [0.5, 0.6) is 0 Å². The zero-order valence-electron chi connectivity index (χ0n) is 11.7. The second-order valence-electron chi connectivity index (χ2n) is 4.27. The molecule has 0 aromatic heterocycles. The molecule has 1 unspecified atom stereocenters. The molecule has 0 aliphatic carbocycles. The van der Waals surface area contributed by atoms with Gasteiger partial charge in [0.05, 0.1) is 4.92 Å². The number of hydrogen-bond donors (Lipinski definition) is 3. The van der Waals surface area contributed by atoms with Crippen molar-refractivity contribution in [2.45, 2.75) is 13.0 Å². The Hall–Kier alpha value is -3.12. The standard InChI is InChI=1S/C13H11ClN4O5/c1-7(13(20)21)16-6-8(5-15)12(19)17-9-2-3-10(14)11(4-9)18(22)23/h2-4,6-7,16H,1H3,(H,17,19)(H,20,21)/b8-6-. The monoisotopic (exact) mass is 338 g/mol. The van der Waals surface area contributed by atoms with Crippen molar-refractivity contribution in [3.8, 4) is 6.07 Å². The van der Waals surface area contributed by atoms with Gasteiger partial charge in [-0.3, -0.25) is 19.7 Å². The Morgan fingerprint density at radius 1 is 1.52 bits per heavy atom. The number of halogens is 1. The van der Waals surface area contributed by atoms with E-state index in [1.54, 1.807) is 6.07 Å². The number of aliphatic carboxylic acids is 1. The van der Waals surface area contributed by atoms with Crippen LogP contribution >= 0.6 is 11.6 Å². The van der Waals surface area contributed by atoms with Crippen molar-refractivity contribution in [2.24, 2.45) is 0 Å². The molecule has 1 aromatic rings. The van der Waals surface area contributed by atoms with E-state index in [0.29, 0.717) is 0 Å². The predicted molar refractivity (Wildman–Crippen MR) is 80.7 cm³/mol. The summed E-state index contributed by atoms with van der Waals surface area (Å²) >= 11 is 5.65. The van der Waals surface area contributed by atoms with Gasteiger partial charge in [0.15, 0.2) is 0 Å². The van der Waals surface area contributed by atoms with Crippen LogP contribution in [0.15, 0.2) is 30.0 Å². The Bertz CT molecular complexity index is 726. The number of amides is 1. The van der Waals surface area contributed by atoms with Crippen molar-refractivity contribution < 1.29 is 19.6 Å². The molecule has 0 saturated carbocycles. The number of nitrogens with zero attached hydrogens (tertiary/aromatic N) is 2. The Morgan fingerprint density at radius 2 is 2.17 bits per heavy atom. The highest BCUT2D eigenvalue weighted by atomic mass is 35.5. The summed E-state index contributed by atoms with van der Waals surface area (Å²) in [4.78, 5) is 32.6. The first-order valence-corrected chi connectivity index (χ1v) is 6.48. The third-order valence-electron chi connectivity index (χ3n) is 2.61. The predicted octanol–water partition coefficient (Wildman–Crippen LogP) is 1.66. The van der Waals surface area contributed by atoms with Gasteiger partial charge in [-0.15, -0.1) is 0 Å². The zero-order valence-corrected chi connectivity index (χ0v) is 12.5. The van der Waals surface area contributed by atoms with Crippen LogP contribution in [0.1, 0.15) is 6.92 Å². The summed E-state index contributed by atoms with van der Waals surface area (Å²) < 4.78 is 0. The third kappa shape index (κ3) is 4.98. The maximum atomic E-state index is 11.9. The van der Waals surface area contributed by atoms with Crippen LogP contribution in [-0.2, 0) is 9.59 Å². The average molecular weight is 339 g/mol. The van der Waals surface area contributed by atoms with E-state index >= 15 is 0 Å². The number of carboxylic acid groups (broad SMARTS) is 1. The highest BCUT2D eigenvalue weighted by molar-refractivity contribution is 6.32. The molecule has 10 heteroatoms. The van der Waals surface area contributed by atoms with Gasteiger partial charge in [-0.25, -0.2) is 0 Å². The SMILES string of the molecule is CC(N/C=C(/C#N)C(=O)Nc1ccc(Cl)c([N+](=O)[O-])c1)C(=O)O. The normalized spacial score (nSPS) is 12.0. The molecule has 1 rings (SSSR count). The molecular formula is C13H11ClN4O5. The second kappa shape index (κ2) is 7.77. The number of rotatable bonds is 6. The van der Waals surface area contributed by atoms with Crippen molar-refractivity contribution in [1.82, 2.24) is 5.32 Å². The molecule has 23 heavy (non-hydrogen) atoms. The minimum atomic E-state index is -1.16. The van der Waals surface area contributed by atoms with Gasteiger partial charge in [0.2, 0.25) is 0 Å². The van der Waals surface area contributed by atoms with Crippen LogP contribution in [0, 0.1) is 21.4 Å². The van der Waals surface area contributed by atoms with E-state index in [1.807, 2.05) is 0 Å². The number of carboxylic acids is 1. The summed E-state index contributed by atoms with van der Waals surface area (Å²) in [5, 5.41) is 32.9. The first kappa shape index (κ1) is 17.9. The summed E-state index contributed by atoms with van der Waals surface area (Å²) in [6.45, 7) is 1.33. The lowest BCUT2D eigenvalue weighted by atomic mass is 10.2. The van der Waals surface area contributed by atoms with Gasteiger partial charge in [-0.05, 0) is 19.1 Å². The molecule has 0 saturated heterocycles. The first-order valence-electron chi connectivity index (χ1n) is 6.10. The fourth-order valence-electron chi connectivity index (χ4n) is 1.36. The topological polar surface area (TPSA) is 145 Å². The van der Waals surface area contributed by atoms with Crippen molar-refractivity contribution in [2.75, 3.05) is 5.32 Å². The Balaban J connectivity index is 2.91. The number of benzene rings is 1. The number of nitro benzene ring substituents is 1. The minimum absolute atomic E-state index is 0.0681. The maximum Gasteiger partial charge on any atom is 0.325 e. The lowest BCUT2D eigenvalue weighted by molar-refractivity contribution is -0.384. The molecule has 0 bridgehead atoms. The summed E-state index contributed by atoms with van der Waals surface area (Å²) in [5.74, 6) is -2.01. The largest absolute Gasteiger partial charge is 0.480 e. The van der Waals surface area contributed by atoms with Crippen LogP contribution in [-0.4, -0.2) is 27.9 Å². The quantitative estimate of drug-likeness (QED) is 0.309. The van der Waals surface area contributed by atoms with Gasteiger partial charge < -0.3 is 15.7 Å². The highest BCUT2D eigenvalue weighted by Crippen LogP contribution is 2.27. The van der Waals surface area contributed by atoms with Crippen LogP contribution in [0.2, 0.25) is 5.02 Å². The Morgan fingerprint density at radius 3 is 2.70 bits per heavy atom. The molecule has 0 radical (unpaired) electrons. The van der Waals surface area contributed by atoms with E-state index < -0.39 is 34.1 Å². The van der Waals surface area contributed by atoms with Gasteiger partial charge >= 0.3 is 5.97 Å². The van der Waals surface area contributed by atoms with E-state index in [2.05, 4.69) is 10.6 Å². The van der Waals surface area contributed by atoms with Crippen molar-refractivity contribution in [3.63, 3.8) is 0 Å². The van der Waals surface area contributed by atoms with Crippen LogP contribution < -0.4 is 10.6 Å². The van der Waals surface area contributed by atoms with E-state index in [4.69, 9.17) is 22.0 Å². The summed E-state index contributed by atoms with van der Waals surface area (Å²) in [5.41, 5.74) is -0.723. The van der Waals surface area contributed by atoms with Gasteiger partial charge in [0, 0.05) is 18.0 Å². The number of anilines is 1. The van der Waals surface area contributed by atoms with Crippen molar-refractivity contribution >= 4 is 34.9 Å². The third-order valence-corrected chi connectivity index (χ3v) is 2.93. The molecule has 0 fully saturated rings. The fourth-order valence-corrected chi connectivity index (χ4v) is 1.54. The molecule has 120 valence electrons. The molecule has 0 aliphatic rings. The number of nitrogens with one attached hydrogen (secondary N) is 2. The van der Waals surface area contributed by atoms with Crippen molar-refractivity contribution in [3.05, 3.63) is 45.1 Å². The average Bonchev–Trinajstić information content (AvgIpc) is 2.49. The van der Waals surface area contributed by atoms with Crippen LogP contribution in [0.4, 0.5) is 11.4 Å². The number of carbonyl (C=O) groups excluding carboxylic acids is 1. The van der Waals surface area contributed by atoms with Crippen molar-refractivity contribution in [1.29, 1.82) is 5.26 Å².